The highest BCUT2D eigenvalue weighted by molar-refractivity contribution is 6.10. The monoisotopic (exact) mass is 231 g/mol. The van der Waals surface area contributed by atoms with Gasteiger partial charge in [0, 0.05) is 5.56 Å². The molecule has 0 aliphatic carbocycles. The third kappa shape index (κ3) is 2.00. The first kappa shape index (κ1) is 10.9. The summed E-state index contributed by atoms with van der Waals surface area (Å²) in [5, 5.41) is 12.3. The number of nitrogens with zero attached hydrogens (tertiary/aromatic N) is 2. The van der Waals surface area contributed by atoms with E-state index in [1.807, 2.05) is 0 Å². The van der Waals surface area contributed by atoms with Crippen molar-refractivity contribution >= 4 is 17.6 Å². The molecule has 0 fully saturated rings. The summed E-state index contributed by atoms with van der Waals surface area (Å²) in [7, 11) is 0. The predicted molar refractivity (Wildman–Crippen MR) is 59.9 cm³/mol. The van der Waals surface area contributed by atoms with E-state index < -0.39 is 11.9 Å². The fraction of sp³-hybridized carbons (Fsp3) is 0. The van der Waals surface area contributed by atoms with Crippen LogP contribution >= 0.6 is 0 Å². The molecule has 0 saturated carbocycles. The number of carboxylic acid groups (broad SMARTS) is 1. The second kappa shape index (κ2) is 4.09. The molecule has 0 aliphatic rings. The molecule has 1 heterocycles. The molecule has 86 valence electrons. The van der Waals surface area contributed by atoms with E-state index in [2.05, 4.69) is 5.10 Å². The van der Waals surface area contributed by atoms with Crippen LogP contribution in [0.25, 0.3) is 0 Å². The lowest BCUT2D eigenvalue weighted by atomic mass is 10.1. The Morgan fingerprint density at radius 3 is 2.41 bits per heavy atom. The first-order valence-corrected chi connectivity index (χ1v) is 4.78. The summed E-state index contributed by atoms with van der Waals surface area (Å²) >= 11 is 0. The highest BCUT2D eigenvalue weighted by Crippen LogP contribution is 2.14. The van der Waals surface area contributed by atoms with Gasteiger partial charge in [0.1, 0.15) is 0 Å². The normalized spacial score (nSPS) is 10.1. The van der Waals surface area contributed by atoms with E-state index in [4.69, 9.17) is 10.8 Å². The molecule has 0 bridgehead atoms. The molecule has 0 spiro atoms. The Morgan fingerprint density at radius 1 is 1.24 bits per heavy atom. The Hall–Kier alpha value is -2.63. The van der Waals surface area contributed by atoms with Crippen molar-refractivity contribution in [2.24, 2.45) is 0 Å². The second-order valence-electron chi connectivity index (χ2n) is 3.36. The predicted octanol–water partition coefficient (Wildman–Crippen LogP) is 1.22. The standard InChI is InChI=1S/C11H9N3O3/c12-8-6-14(11(16)17)13-9(8)10(15)7-4-2-1-3-5-7/h1-6H,12H2,(H,16,17). The van der Waals surface area contributed by atoms with Crippen molar-refractivity contribution in [1.82, 2.24) is 9.78 Å². The summed E-state index contributed by atoms with van der Waals surface area (Å²) in [5.41, 5.74) is 5.95. The Labute approximate surface area is 96.3 Å². The van der Waals surface area contributed by atoms with Crippen LogP contribution in [0.15, 0.2) is 36.5 Å². The summed E-state index contributed by atoms with van der Waals surface area (Å²) in [6, 6.07) is 8.41. The Balaban J connectivity index is 2.41. The van der Waals surface area contributed by atoms with Crippen LogP contribution in [0.2, 0.25) is 0 Å². The zero-order valence-corrected chi connectivity index (χ0v) is 8.70. The van der Waals surface area contributed by atoms with Crippen LogP contribution in [0.4, 0.5) is 10.5 Å². The van der Waals surface area contributed by atoms with E-state index in [9.17, 15) is 9.59 Å². The number of ketones is 1. The van der Waals surface area contributed by atoms with Crippen LogP contribution in [0, 0.1) is 0 Å². The van der Waals surface area contributed by atoms with Gasteiger partial charge in [-0.05, 0) is 0 Å². The van der Waals surface area contributed by atoms with Crippen molar-refractivity contribution in [3.63, 3.8) is 0 Å². The molecule has 0 radical (unpaired) electrons. The molecule has 0 amide bonds. The lowest BCUT2D eigenvalue weighted by Gasteiger charge is -1.97. The number of carbonyl (C=O) groups excluding carboxylic acids is 1. The van der Waals surface area contributed by atoms with Gasteiger partial charge in [-0.25, -0.2) is 4.79 Å². The topological polar surface area (TPSA) is 98.2 Å². The Bertz CT molecular complexity index is 575. The summed E-state index contributed by atoms with van der Waals surface area (Å²) in [6.45, 7) is 0. The number of hydrogen-bond donors (Lipinski definition) is 2. The summed E-state index contributed by atoms with van der Waals surface area (Å²) < 4.78 is 0.617. The minimum Gasteiger partial charge on any atom is -0.463 e. The maximum atomic E-state index is 12.0. The molecule has 2 rings (SSSR count). The van der Waals surface area contributed by atoms with Gasteiger partial charge in [0.15, 0.2) is 5.69 Å². The molecule has 0 unspecified atom stereocenters. The van der Waals surface area contributed by atoms with Crippen molar-refractivity contribution < 1.29 is 14.7 Å². The quantitative estimate of drug-likeness (QED) is 0.757. The van der Waals surface area contributed by atoms with Gasteiger partial charge in [0.2, 0.25) is 5.78 Å². The fourth-order valence-electron chi connectivity index (χ4n) is 1.39. The van der Waals surface area contributed by atoms with Crippen molar-refractivity contribution in [1.29, 1.82) is 0 Å². The number of aromatic nitrogens is 2. The van der Waals surface area contributed by atoms with E-state index in [1.54, 1.807) is 30.3 Å². The Kier molecular flexibility index (Phi) is 2.61. The lowest BCUT2D eigenvalue weighted by molar-refractivity contribution is 0.103. The number of nitrogen functional groups attached to an aromatic ring is 1. The summed E-state index contributed by atoms with van der Waals surface area (Å²) in [6.07, 6.45) is -0.192. The fourth-order valence-corrected chi connectivity index (χ4v) is 1.39. The first-order chi connectivity index (χ1) is 8.09. The minimum atomic E-state index is -1.29. The largest absolute Gasteiger partial charge is 0.463 e. The van der Waals surface area contributed by atoms with Gasteiger partial charge in [-0.15, -0.1) is 0 Å². The molecule has 0 saturated heterocycles. The van der Waals surface area contributed by atoms with Crippen LogP contribution < -0.4 is 5.73 Å². The SMILES string of the molecule is Nc1cn(C(=O)O)nc1C(=O)c1ccccc1. The van der Waals surface area contributed by atoms with Gasteiger partial charge >= 0.3 is 6.09 Å². The molecule has 0 atom stereocenters. The number of anilines is 1. The molecule has 3 N–H and O–H groups in total. The lowest BCUT2D eigenvalue weighted by Crippen LogP contribution is -2.10. The van der Waals surface area contributed by atoms with Crippen LogP contribution in [0.1, 0.15) is 16.1 Å². The molecular weight excluding hydrogens is 222 g/mol. The maximum Gasteiger partial charge on any atom is 0.432 e. The average Bonchev–Trinajstić information content (AvgIpc) is 2.72. The third-order valence-corrected chi connectivity index (χ3v) is 2.19. The summed E-state index contributed by atoms with van der Waals surface area (Å²) in [4.78, 5) is 22.6. The van der Waals surface area contributed by atoms with E-state index in [0.29, 0.717) is 10.2 Å². The minimum absolute atomic E-state index is 0.0428. The zero-order chi connectivity index (χ0) is 12.4. The first-order valence-electron chi connectivity index (χ1n) is 4.78. The third-order valence-electron chi connectivity index (χ3n) is 2.19. The molecule has 6 heteroatoms. The number of rotatable bonds is 2. The zero-order valence-electron chi connectivity index (χ0n) is 8.70. The molecule has 6 nitrogen and oxygen atoms in total. The van der Waals surface area contributed by atoms with E-state index >= 15 is 0 Å². The van der Waals surface area contributed by atoms with E-state index in [1.165, 1.54) is 0 Å². The summed E-state index contributed by atoms with van der Waals surface area (Å²) in [5.74, 6) is -0.400. The molecule has 0 aliphatic heterocycles. The van der Waals surface area contributed by atoms with Gasteiger partial charge in [-0.2, -0.15) is 9.78 Å². The maximum absolute atomic E-state index is 12.0. The van der Waals surface area contributed by atoms with E-state index in [-0.39, 0.29) is 11.4 Å². The van der Waals surface area contributed by atoms with Crippen LogP contribution in [0.5, 0.6) is 0 Å². The number of carbonyl (C=O) groups is 2. The molecule has 17 heavy (non-hydrogen) atoms. The van der Waals surface area contributed by atoms with Gasteiger partial charge in [0.05, 0.1) is 11.9 Å². The molecule has 1 aromatic carbocycles. The van der Waals surface area contributed by atoms with Gasteiger partial charge in [-0.1, -0.05) is 30.3 Å². The smallest absolute Gasteiger partial charge is 0.432 e. The van der Waals surface area contributed by atoms with Crippen molar-refractivity contribution in [2.75, 3.05) is 5.73 Å². The van der Waals surface area contributed by atoms with Crippen LogP contribution in [-0.4, -0.2) is 26.8 Å². The number of benzene rings is 1. The van der Waals surface area contributed by atoms with Gasteiger partial charge < -0.3 is 10.8 Å². The van der Waals surface area contributed by atoms with Crippen LogP contribution in [0.3, 0.4) is 0 Å². The van der Waals surface area contributed by atoms with Gasteiger partial charge in [-0.3, -0.25) is 4.79 Å². The van der Waals surface area contributed by atoms with Crippen molar-refractivity contribution in [3.8, 4) is 0 Å². The second-order valence-corrected chi connectivity index (χ2v) is 3.36. The van der Waals surface area contributed by atoms with E-state index in [0.717, 1.165) is 6.20 Å². The highest BCUT2D eigenvalue weighted by atomic mass is 16.4. The molecule has 2 aromatic rings. The van der Waals surface area contributed by atoms with Crippen molar-refractivity contribution in [3.05, 3.63) is 47.8 Å². The molecular formula is C11H9N3O3. The van der Waals surface area contributed by atoms with Crippen molar-refractivity contribution in [2.45, 2.75) is 0 Å². The average molecular weight is 231 g/mol. The Morgan fingerprint density at radius 2 is 1.88 bits per heavy atom. The van der Waals surface area contributed by atoms with Gasteiger partial charge in [0.25, 0.3) is 0 Å². The highest BCUT2D eigenvalue weighted by Gasteiger charge is 2.18. The molecule has 1 aromatic heterocycles. The number of nitrogens with two attached hydrogens (primary N) is 1. The van der Waals surface area contributed by atoms with Crippen LogP contribution in [-0.2, 0) is 0 Å². The number of hydrogen-bond acceptors (Lipinski definition) is 4.